The van der Waals surface area contributed by atoms with Crippen LogP contribution in [0.25, 0.3) is 0 Å². The van der Waals surface area contributed by atoms with Crippen LogP contribution in [-0.4, -0.2) is 63.3 Å². The number of unbranched alkanes of at least 4 members (excludes halogenated alkanes) is 19. The summed E-state index contributed by atoms with van der Waals surface area (Å²) in [7, 11) is 9.81. The fraction of sp³-hybridized carbons (Fsp3) is 1.00. The molecule has 0 amide bonds. The second-order valence-corrected chi connectivity index (χ2v) is 12.8. The van der Waals surface area contributed by atoms with Crippen LogP contribution < -0.4 is 48.0 Å². The number of quaternary nitrogens is 2. The van der Waals surface area contributed by atoms with Crippen molar-refractivity contribution in [3.8, 4) is 0 Å². The van der Waals surface area contributed by atoms with Crippen molar-refractivity contribution < 1.29 is 56.9 Å². The summed E-state index contributed by atoms with van der Waals surface area (Å²) in [5, 5.41) is 0. The van der Waals surface area contributed by atoms with Gasteiger partial charge in [0.25, 0.3) is 0 Å². The van der Waals surface area contributed by atoms with E-state index in [1.807, 2.05) is 0 Å². The summed E-state index contributed by atoms with van der Waals surface area (Å²) in [6.07, 6.45) is 31.6. The normalized spacial score (nSPS) is 11.8. The highest BCUT2D eigenvalue weighted by Gasteiger charge is 2.15. The van der Waals surface area contributed by atoms with Gasteiger partial charge in [-0.3, -0.25) is 0 Å². The van der Waals surface area contributed by atoms with Crippen LogP contribution in [0.2, 0.25) is 0 Å². The van der Waals surface area contributed by atoms with Crippen molar-refractivity contribution in [3.63, 3.8) is 0 Å². The molecule has 0 aromatic heterocycles. The highest BCUT2D eigenvalue weighted by atomic mass is 127. The average Bonchev–Trinajstić information content (AvgIpc) is 2.79. The van der Waals surface area contributed by atoms with Crippen LogP contribution in [0.3, 0.4) is 0 Å². The maximum absolute atomic E-state index is 2.45. The maximum atomic E-state index is 2.45. The lowest BCUT2D eigenvalue weighted by Gasteiger charge is -2.30. The molecule has 0 fully saturated rings. The molecule has 0 N–H and O–H groups in total. The van der Waals surface area contributed by atoms with E-state index in [0.29, 0.717) is 0 Å². The van der Waals surface area contributed by atoms with E-state index >= 15 is 0 Å². The Morgan fingerprint density at radius 3 is 0.639 bits per heavy atom. The van der Waals surface area contributed by atoms with E-state index in [2.05, 4.69) is 42.0 Å². The first kappa shape index (κ1) is 41.9. The van der Waals surface area contributed by atoms with Gasteiger partial charge < -0.3 is 56.9 Å². The monoisotopic (exact) mass is 736 g/mol. The topological polar surface area (TPSA) is 0 Å². The molecular weight excluding hydrogens is 666 g/mol. The Kier molecular flexibility index (Phi) is 34.1. The van der Waals surface area contributed by atoms with Gasteiger partial charge in [0.2, 0.25) is 0 Å². The Morgan fingerprint density at radius 2 is 0.444 bits per heavy atom. The van der Waals surface area contributed by atoms with Gasteiger partial charge in [0.05, 0.1) is 54.4 Å². The highest BCUT2D eigenvalue weighted by Crippen LogP contribution is 2.14. The molecule has 0 bridgehead atoms. The zero-order valence-corrected chi connectivity index (χ0v) is 30.4. The molecule has 0 aliphatic rings. The van der Waals surface area contributed by atoms with Crippen molar-refractivity contribution in [3.05, 3.63) is 0 Å². The molecular formula is C32H70I2N2. The third-order valence-corrected chi connectivity index (χ3v) is 8.01. The van der Waals surface area contributed by atoms with Crippen molar-refractivity contribution >= 4 is 0 Å². The Balaban J connectivity index is -0.00000544. The number of halogens is 2. The van der Waals surface area contributed by atoms with Crippen molar-refractivity contribution in [2.24, 2.45) is 0 Å². The summed E-state index contributed by atoms with van der Waals surface area (Å²) in [5.41, 5.74) is 0. The first-order valence-electron chi connectivity index (χ1n) is 16.0. The molecule has 4 heteroatoms. The Morgan fingerprint density at radius 1 is 0.278 bits per heavy atom. The molecule has 0 saturated heterocycles. The molecule has 0 saturated carbocycles. The molecule has 0 unspecified atom stereocenters. The maximum Gasteiger partial charge on any atom is 0.0782 e. The highest BCUT2D eigenvalue weighted by molar-refractivity contribution is 4.50. The number of nitrogens with zero attached hydrogens (tertiary/aromatic N) is 2. The van der Waals surface area contributed by atoms with Gasteiger partial charge in [0.1, 0.15) is 0 Å². The summed E-state index contributed by atoms with van der Waals surface area (Å²) in [5.74, 6) is 0. The van der Waals surface area contributed by atoms with Crippen LogP contribution in [-0.2, 0) is 0 Å². The Bertz CT molecular complexity index is 375. The quantitative estimate of drug-likeness (QED) is 0.0686. The predicted octanol–water partition coefficient (Wildman–Crippen LogP) is 3.77. The van der Waals surface area contributed by atoms with Crippen LogP contribution in [0.15, 0.2) is 0 Å². The summed E-state index contributed by atoms with van der Waals surface area (Å²) >= 11 is 0. The summed E-state index contributed by atoms with van der Waals surface area (Å²) in [6.45, 7) is 10.1. The van der Waals surface area contributed by atoms with Crippen LogP contribution in [0.1, 0.15) is 155 Å². The minimum absolute atomic E-state index is 0. The minimum Gasteiger partial charge on any atom is -1.00 e. The van der Waals surface area contributed by atoms with Crippen molar-refractivity contribution in [2.45, 2.75) is 155 Å². The van der Waals surface area contributed by atoms with Crippen molar-refractivity contribution in [2.75, 3.05) is 54.4 Å². The van der Waals surface area contributed by atoms with E-state index < -0.39 is 0 Å². The van der Waals surface area contributed by atoms with E-state index in [1.54, 1.807) is 0 Å². The van der Waals surface area contributed by atoms with E-state index in [9.17, 15) is 0 Å². The molecule has 0 radical (unpaired) electrons. The third-order valence-electron chi connectivity index (χ3n) is 8.01. The van der Waals surface area contributed by atoms with Gasteiger partial charge in [-0.05, 0) is 51.4 Å². The zero-order chi connectivity index (χ0) is 25.4. The second kappa shape index (κ2) is 29.4. The van der Waals surface area contributed by atoms with Gasteiger partial charge in [-0.2, -0.15) is 0 Å². The van der Waals surface area contributed by atoms with E-state index in [-0.39, 0.29) is 48.0 Å². The molecule has 36 heavy (non-hydrogen) atoms. The van der Waals surface area contributed by atoms with Crippen LogP contribution >= 0.6 is 0 Å². The van der Waals surface area contributed by atoms with E-state index in [1.165, 1.54) is 176 Å². The molecule has 0 heterocycles. The summed E-state index contributed by atoms with van der Waals surface area (Å²) < 4.78 is 2.47. The summed E-state index contributed by atoms with van der Waals surface area (Å²) in [4.78, 5) is 0. The molecule has 0 aliphatic carbocycles. The van der Waals surface area contributed by atoms with Gasteiger partial charge in [-0.25, -0.2) is 0 Å². The second-order valence-electron chi connectivity index (χ2n) is 12.8. The molecule has 222 valence electrons. The molecule has 0 spiro atoms. The largest absolute Gasteiger partial charge is 1.00 e. The van der Waals surface area contributed by atoms with E-state index in [0.717, 1.165) is 0 Å². The van der Waals surface area contributed by atoms with Gasteiger partial charge >= 0.3 is 0 Å². The smallest absolute Gasteiger partial charge is 0.0782 e. The zero-order valence-electron chi connectivity index (χ0n) is 26.0. The first-order chi connectivity index (χ1) is 16.3. The molecule has 2 nitrogen and oxygen atoms in total. The Hall–Kier alpha value is 1.38. The fourth-order valence-electron chi connectivity index (χ4n) is 5.36. The van der Waals surface area contributed by atoms with Crippen LogP contribution in [0.4, 0.5) is 0 Å². The lowest BCUT2D eigenvalue weighted by molar-refractivity contribution is -0.890. The van der Waals surface area contributed by atoms with Gasteiger partial charge in [-0.15, -0.1) is 0 Å². The molecule has 0 aliphatic heterocycles. The van der Waals surface area contributed by atoms with Crippen molar-refractivity contribution in [1.29, 1.82) is 0 Å². The van der Waals surface area contributed by atoms with Gasteiger partial charge in [0.15, 0.2) is 0 Å². The molecule has 0 aromatic carbocycles. The molecule has 0 rings (SSSR count). The average molecular weight is 737 g/mol. The molecule has 0 atom stereocenters. The van der Waals surface area contributed by atoms with Gasteiger partial charge in [-0.1, -0.05) is 104 Å². The number of hydrogen-bond donors (Lipinski definition) is 0. The number of hydrogen-bond acceptors (Lipinski definition) is 0. The van der Waals surface area contributed by atoms with Crippen LogP contribution in [0.5, 0.6) is 0 Å². The predicted molar refractivity (Wildman–Crippen MR) is 157 cm³/mol. The standard InChI is InChI=1S/C32H70N2.2HI/c1-7-9-11-13-15-17-21-25-29-33(3,4)31-27-23-19-20-24-28-32-34(5,6)30-26-22-18-16-14-12-10-8-2;;/h7-32H2,1-6H3;2*1H/q+2;;/p-2. The summed E-state index contributed by atoms with van der Waals surface area (Å²) in [6, 6.07) is 0. The minimum atomic E-state index is 0. The lowest BCUT2D eigenvalue weighted by atomic mass is 10.1. The van der Waals surface area contributed by atoms with Crippen LogP contribution in [0, 0.1) is 0 Å². The van der Waals surface area contributed by atoms with Gasteiger partial charge in [0, 0.05) is 0 Å². The van der Waals surface area contributed by atoms with E-state index in [4.69, 9.17) is 0 Å². The number of rotatable bonds is 27. The third kappa shape index (κ3) is 31.6. The van der Waals surface area contributed by atoms with Crippen molar-refractivity contribution in [1.82, 2.24) is 0 Å². The SMILES string of the molecule is CCCCCCCCCC[N+](C)(C)CCCCCCCC[N+](C)(C)CCCCCCCCCC.[I-].[I-]. The first-order valence-corrected chi connectivity index (χ1v) is 16.0. The molecule has 0 aromatic rings. The fourth-order valence-corrected chi connectivity index (χ4v) is 5.36. The lowest BCUT2D eigenvalue weighted by Crippen LogP contribution is -3.00. The Labute approximate surface area is 264 Å².